The van der Waals surface area contributed by atoms with Crippen molar-refractivity contribution in [3.63, 3.8) is 0 Å². The van der Waals surface area contributed by atoms with E-state index in [1.54, 1.807) is 0 Å². The highest BCUT2D eigenvalue weighted by atomic mass is 35.5. The Balaban J connectivity index is 2.84. The molecule has 0 heterocycles. The summed E-state index contributed by atoms with van der Waals surface area (Å²) < 4.78 is 25.8. The zero-order chi connectivity index (χ0) is 18.2. The summed E-state index contributed by atoms with van der Waals surface area (Å²) in [7, 11) is -2.53. The Morgan fingerprint density at radius 2 is 1.62 bits per heavy atom. The molecule has 0 aliphatic rings. The van der Waals surface area contributed by atoms with E-state index in [1.807, 2.05) is 12.1 Å². The summed E-state index contributed by atoms with van der Waals surface area (Å²) in [5.74, 6) is -0.458. The zero-order valence-electron chi connectivity index (χ0n) is 13.1. The van der Waals surface area contributed by atoms with Gasteiger partial charge in [0, 0.05) is 25.2 Å². The average molecular weight is 369 g/mol. The summed E-state index contributed by atoms with van der Waals surface area (Å²) >= 11 is 5.74. The Hall–Kier alpha value is -2.13. The van der Waals surface area contributed by atoms with Crippen molar-refractivity contribution in [3.8, 4) is 12.1 Å². The van der Waals surface area contributed by atoms with Gasteiger partial charge < -0.3 is 4.90 Å². The van der Waals surface area contributed by atoms with E-state index in [4.69, 9.17) is 22.1 Å². The van der Waals surface area contributed by atoms with Gasteiger partial charge in [-0.1, -0.05) is 11.6 Å². The second-order valence-corrected chi connectivity index (χ2v) is 7.39. The Morgan fingerprint density at radius 3 is 2.08 bits per heavy atom. The second-order valence-electron chi connectivity index (χ2n) is 4.91. The van der Waals surface area contributed by atoms with E-state index in [-0.39, 0.29) is 37.4 Å². The summed E-state index contributed by atoms with van der Waals surface area (Å²) in [6, 6.07) is 9.48. The molecule has 1 amide bonds. The molecule has 1 aromatic carbocycles. The van der Waals surface area contributed by atoms with Gasteiger partial charge in [-0.05, 0) is 24.3 Å². The minimum Gasteiger partial charge on any atom is -0.339 e. The molecule has 0 aromatic heterocycles. The third-order valence-electron chi connectivity index (χ3n) is 3.22. The highest BCUT2D eigenvalue weighted by molar-refractivity contribution is 7.89. The van der Waals surface area contributed by atoms with Crippen molar-refractivity contribution in [3.05, 3.63) is 29.3 Å². The number of benzene rings is 1. The molecule has 24 heavy (non-hydrogen) atoms. The number of hydrogen-bond donors (Lipinski definition) is 0. The number of nitriles is 2. The Labute approximate surface area is 146 Å². The van der Waals surface area contributed by atoms with Crippen LogP contribution in [0.5, 0.6) is 0 Å². The second kappa shape index (κ2) is 9.24. The number of likely N-dealkylation sites (N-methyl/N-ethyl adjacent to an activating group) is 1. The number of carbonyl (C=O) groups is 1. The topological polar surface area (TPSA) is 105 Å². The number of sulfonamides is 1. The van der Waals surface area contributed by atoms with E-state index in [1.165, 1.54) is 36.2 Å². The van der Waals surface area contributed by atoms with Crippen molar-refractivity contribution in [2.24, 2.45) is 0 Å². The maximum Gasteiger partial charge on any atom is 0.243 e. The first-order valence-corrected chi connectivity index (χ1v) is 8.88. The minimum atomic E-state index is -3.83. The first-order chi connectivity index (χ1) is 11.3. The van der Waals surface area contributed by atoms with Crippen LogP contribution in [-0.4, -0.2) is 50.2 Å². The lowest BCUT2D eigenvalue weighted by molar-refractivity contribution is -0.131. The van der Waals surface area contributed by atoms with Gasteiger partial charge in [-0.2, -0.15) is 14.8 Å². The molecule has 0 aliphatic heterocycles. The van der Waals surface area contributed by atoms with Crippen molar-refractivity contribution in [2.45, 2.75) is 17.7 Å². The first-order valence-electron chi connectivity index (χ1n) is 7.06. The zero-order valence-corrected chi connectivity index (χ0v) is 14.7. The van der Waals surface area contributed by atoms with Crippen LogP contribution in [0.25, 0.3) is 0 Å². The predicted octanol–water partition coefficient (Wildman–Crippen LogP) is 1.62. The molecule has 7 nitrogen and oxygen atoms in total. The summed E-state index contributed by atoms with van der Waals surface area (Å²) in [6.07, 6.45) is 0.232. The molecule has 0 atom stereocenters. The van der Waals surface area contributed by atoms with Crippen molar-refractivity contribution in [1.29, 1.82) is 10.5 Å². The molecule has 0 spiro atoms. The van der Waals surface area contributed by atoms with E-state index in [0.717, 1.165) is 4.31 Å². The Kier molecular flexibility index (Phi) is 7.66. The number of halogens is 1. The lowest BCUT2D eigenvalue weighted by Gasteiger charge is -2.24. The molecule has 0 bridgehead atoms. The van der Waals surface area contributed by atoms with Crippen LogP contribution in [0.15, 0.2) is 29.2 Å². The molecule has 9 heteroatoms. The maximum atomic E-state index is 12.4. The molecule has 0 saturated heterocycles. The van der Waals surface area contributed by atoms with Crippen LogP contribution >= 0.6 is 11.6 Å². The van der Waals surface area contributed by atoms with Crippen molar-refractivity contribution in [2.75, 3.05) is 26.7 Å². The van der Waals surface area contributed by atoms with Gasteiger partial charge in [0.2, 0.25) is 15.9 Å². The fourth-order valence-corrected chi connectivity index (χ4v) is 3.14. The highest BCUT2D eigenvalue weighted by Gasteiger charge is 2.25. The molecule has 128 valence electrons. The van der Waals surface area contributed by atoms with Gasteiger partial charge in [-0.3, -0.25) is 4.79 Å². The molecule has 1 rings (SSSR count). The average Bonchev–Trinajstić information content (AvgIpc) is 2.55. The van der Waals surface area contributed by atoms with Crippen molar-refractivity contribution < 1.29 is 13.2 Å². The van der Waals surface area contributed by atoms with Crippen LogP contribution in [-0.2, 0) is 14.8 Å². The number of rotatable bonds is 8. The molecule has 0 aliphatic carbocycles. The maximum absolute atomic E-state index is 12.4. The van der Waals surface area contributed by atoms with Gasteiger partial charge in [0.1, 0.15) is 0 Å². The Bertz CT molecular complexity index is 732. The third kappa shape index (κ3) is 5.50. The SMILES string of the molecule is CN(CC(=O)N(CCC#N)CCC#N)S(=O)(=O)c1ccc(Cl)cc1. The predicted molar refractivity (Wildman–Crippen MR) is 88.3 cm³/mol. The number of carbonyl (C=O) groups excluding carboxylic acids is 1. The largest absolute Gasteiger partial charge is 0.339 e. The number of amides is 1. The molecule has 1 aromatic rings. The molecule has 0 fully saturated rings. The summed E-state index contributed by atoms with van der Waals surface area (Å²) in [6.45, 7) is -0.0560. The van der Waals surface area contributed by atoms with Crippen molar-refractivity contribution in [1.82, 2.24) is 9.21 Å². The smallest absolute Gasteiger partial charge is 0.243 e. The quantitative estimate of drug-likeness (QED) is 0.693. The first kappa shape index (κ1) is 19.9. The van der Waals surface area contributed by atoms with E-state index < -0.39 is 15.9 Å². The molecule has 0 radical (unpaired) electrons. The van der Waals surface area contributed by atoms with Crippen molar-refractivity contribution >= 4 is 27.5 Å². The Morgan fingerprint density at radius 1 is 1.12 bits per heavy atom. The van der Waals surface area contributed by atoms with Crippen LogP contribution < -0.4 is 0 Å². The highest BCUT2D eigenvalue weighted by Crippen LogP contribution is 2.17. The van der Waals surface area contributed by atoms with Crippen LogP contribution in [0.2, 0.25) is 5.02 Å². The monoisotopic (exact) mass is 368 g/mol. The third-order valence-corrected chi connectivity index (χ3v) is 5.29. The van der Waals surface area contributed by atoms with Crippen LogP contribution in [0.1, 0.15) is 12.8 Å². The van der Waals surface area contributed by atoms with Crippen LogP contribution in [0.3, 0.4) is 0 Å². The standard InChI is InChI=1S/C15H17ClN4O3S/c1-19(24(22,23)14-6-4-13(16)5-7-14)12-15(21)20(10-2-8-17)11-3-9-18/h4-7H,2-3,10-12H2,1H3. The summed E-state index contributed by atoms with van der Waals surface area (Å²) in [5, 5.41) is 17.7. The lowest BCUT2D eigenvalue weighted by Crippen LogP contribution is -2.41. The van der Waals surface area contributed by atoms with Crippen LogP contribution in [0, 0.1) is 22.7 Å². The van der Waals surface area contributed by atoms with Crippen LogP contribution in [0.4, 0.5) is 0 Å². The molecule has 0 saturated carbocycles. The van der Waals surface area contributed by atoms with Gasteiger partial charge in [-0.25, -0.2) is 8.42 Å². The van der Waals surface area contributed by atoms with Gasteiger partial charge in [0.15, 0.2) is 0 Å². The lowest BCUT2D eigenvalue weighted by atomic mass is 10.3. The molecule has 0 unspecified atom stereocenters. The van der Waals surface area contributed by atoms with Gasteiger partial charge in [-0.15, -0.1) is 0 Å². The van der Waals surface area contributed by atoms with Gasteiger partial charge >= 0.3 is 0 Å². The van der Waals surface area contributed by atoms with E-state index >= 15 is 0 Å². The minimum absolute atomic E-state index is 0.0304. The van der Waals surface area contributed by atoms with Gasteiger partial charge in [0.25, 0.3) is 0 Å². The van der Waals surface area contributed by atoms with Gasteiger partial charge in [0.05, 0.1) is 36.4 Å². The molecular formula is C15H17ClN4O3S. The number of nitrogens with zero attached hydrogens (tertiary/aromatic N) is 4. The summed E-state index contributed by atoms with van der Waals surface area (Å²) in [5.41, 5.74) is 0. The normalized spacial score (nSPS) is 10.9. The molecular weight excluding hydrogens is 352 g/mol. The fourth-order valence-electron chi connectivity index (χ4n) is 1.89. The fraction of sp³-hybridized carbons (Fsp3) is 0.400. The van der Waals surface area contributed by atoms with E-state index in [0.29, 0.717) is 5.02 Å². The summed E-state index contributed by atoms with van der Waals surface area (Å²) in [4.78, 5) is 13.6. The number of hydrogen-bond acceptors (Lipinski definition) is 5. The molecule has 0 N–H and O–H groups in total. The van der Waals surface area contributed by atoms with E-state index in [2.05, 4.69) is 0 Å². The van der Waals surface area contributed by atoms with E-state index in [9.17, 15) is 13.2 Å².